The molecule has 11 heteroatoms. The van der Waals surface area contributed by atoms with Crippen LogP contribution in [0.3, 0.4) is 0 Å². The van der Waals surface area contributed by atoms with Crippen molar-refractivity contribution < 1.29 is 25.6 Å². The molecule has 1 fully saturated rings. The Hall–Kier alpha value is -3.12. The van der Waals surface area contributed by atoms with Crippen molar-refractivity contribution in [2.24, 2.45) is 5.92 Å². The predicted octanol–water partition coefficient (Wildman–Crippen LogP) is 6.02. The minimum absolute atomic E-state index is 0.0256. The highest BCUT2D eigenvalue weighted by Crippen LogP contribution is 2.43. The van der Waals surface area contributed by atoms with Gasteiger partial charge in [0.05, 0.1) is 4.90 Å². The van der Waals surface area contributed by atoms with E-state index in [1.807, 2.05) is 20.8 Å². The normalized spacial score (nSPS) is 18.5. The Balaban J connectivity index is 0.00000158. The molecule has 2 aromatic heterocycles. The monoisotopic (exact) mass is 598 g/mol. The third-order valence-corrected chi connectivity index (χ3v) is 11.3. The van der Waals surface area contributed by atoms with Crippen LogP contribution < -0.4 is 0 Å². The molecule has 4 aromatic rings. The van der Waals surface area contributed by atoms with Gasteiger partial charge in [0.25, 0.3) is 0 Å². The second kappa shape index (κ2) is 11.0. The van der Waals surface area contributed by atoms with E-state index < -0.39 is 31.3 Å². The van der Waals surface area contributed by atoms with Gasteiger partial charge in [-0.2, -0.15) is 8.42 Å². The summed E-state index contributed by atoms with van der Waals surface area (Å²) in [6.07, 6.45) is 6.70. The summed E-state index contributed by atoms with van der Waals surface area (Å²) in [4.78, 5) is 4.35. The zero-order valence-corrected chi connectivity index (χ0v) is 24.9. The van der Waals surface area contributed by atoms with Gasteiger partial charge >= 0.3 is 10.1 Å². The van der Waals surface area contributed by atoms with E-state index in [0.717, 1.165) is 31.2 Å². The van der Waals surface area contributed by atoms with Gasteiger partial charge in [0.1, 0.15) is 21.2 Å². The van der Waals surface area contributed by atoms with Crippen molar-refractivity contribution in [3.63, 3.8) is 0 Å². The Kier molecular flexibility index (Phi) is 7.84. The standard InChI is InChI=1S/C27H24N2O6S3.C2H6/c1-18-11-13-21(14-12-18)38(33,34)35-24(16-19-6-2-3-7-19)25-26-23-10-5-15-28-27(23)29(25)36(30)20-8-4-9-22(17-20)37(26,31)32;1-2/h4-5,8-17,19H,2-3,6-7H2,1H3;1-2H3. The van der Waals surface area contributed by atoms with Crippen molar-refractivity contribution in [1.29, 1.82) is 0 Å². The lowest BCUT2D eigenvalue weighted by molar-refractivity contribution is 0.456. The molecule has 2 aromatic carbocycles. The topological polar surface area (TPSA) is 118 Å². The number of hydrogen-bond donors (Lipinski definition) is 0. The molecule has 3 heterocycles. The molecule has 4 bridgehead atoms. The summed E-state index contributed by atoms with van der Waals surface area (Å²) in [6.45, 7) is 5.84. The number of sulfone groups is 1. The maximum Gasteiger partial charge on any atom is 0.339 e. The Bertz CT molecular complexity index is 1800. The van der Waals surface area contributed by atoms with Crippen LogP contribution >= 0.6 is 0 Å². The van der Waals surface area contributed by atoms with Gasteiger partial charge < -0.3 is 8.74 Å². The first-order chi connectivity index (χ1) is 19.2. The van der Waals surface area contributed by atoms with Gasteiger partial charge in [-0.25, -0.2) is 13.4 Å². The van der Waals surface area contributed by atoms with Crippen LogP contribution in [0.25, 0.3) is 16.8 Å². The van der Waals surface area contributed by atoms with Crippen molar-refractivity contribution >= 4 is 48.1 Å². The second-order valence-corrected chi connectivity index (χ2v) is 14.3. The summed E-state index contributed by atoms with van der Waals surface area (Å²) in [6, 6.07) is 15.3. The average molecular weight is 599 g/mol. The number of hydrogen-bond acceptors (Lipinski definition) is 7. The first kappa shape index (κ1) is 28.4. The molecule has 210 valence electrons. The van der Waals surface area contributed by atoms with Crippen LogP contribution in [-0.2, 0) is 35.5 Å². The predicted molar refractivity (Wildman–Crippen MR) is 154 cm³/mol. The van der Waals surface area contributed by atoms with Crippen LogP contribution in [0, 0.1) is 12.8 Å². The van der Waals surface area contributed by atoms with E-state index in [9.17, 15) is 21.4 Å². The lowest BCUT2D eigenvalue weighted by Crippen LogP contribution is -2.21. The van der Waals surface area contributed by atoms with E-state index in [1.165, 1.54) is 40.5 Å². The fourth-order valence-electron chi connectivity index (χ4n) is 5.04. The van der Waals surface area contributed by atoms with Crippen molar-refractivity contribution in [2.75, 3.05) is 0 Å². The summed E-state index contributed by atoms with van der Waals surface area (Å²) >= 11 is -1.93. The molecule has 0 spiro atoms. The fraction of sp³-hybridized carbons (Fsp3) is 0.276. The number of benzene rings is 2. The molecule has 40 heavy (non-hydrogen) atoms. The van der Waals surface area contributed by atoms with Gasteiger partial charge in [-0.3, -0.25) is 0 Å². The highest BCUT2D eigenvalue weighted by Gasteiger charge is 2.41. The Morgan fingerprint density at radius 1 is 1.07 bits per heavy atom. The smallest absolute Gasteiger partial charge is 0.339 e. The van der Waals surface area contributed by atoms with E-state index >= 15 is 0 Å². The number of aromatic nitrogens is 2. The highest BCUT2D eigenvalue weighted by atomic mass is 32.2. The molecular formula is C29H30N2O6S3. The van der Waals surface area contributed by atoms with Crippen LogP contribution in [-0.4, -0.2) is 30.3 Å². The van der Waals surface area contributed by atoms with Crippen LogP contribution in [0.2, 0.25) is 0 Å². The van der Waals surface area contributed by atoms with Gasteiger partial charge in [-0.15, -0.1) is 3.97 Å². The Labute approximate surface area is 238 Å². The number of aryl methyl sites for hydroxylation is 1. The van der Waals surface area contributed by atoms with Gasteiger partial charge in [-0.1, -0.05) is 50.5 Å². The lowest BCUT2D eigenvalue weighted by Gasteiger charge is -2.20. The molecule has 1 atom stereocenters. The first-order valence-corrected chi connectivity index (χ1v) is 17.2. The van der Waals surface area contributed by atoms with Gasteiger partial charge in [-0.05, 0) is 68.2 Å². The van der Waals surface area contributed by atoms with E-state index in [-0.39, 0.29) is 48.0 Å². The van der Waals surface area contributed by atoms with Crippen molar-refractivity contribution in [1.82, 2.24) is 8.96 Å². The molecule has 1 saturated carbocycles. The van der Waals surface area contributed by atoms with Gasteiger partial charge in [0.15, 0.2) is 22.0 Å². The fourth-order valence-corrected chi connectivity index (χ4v) is 9.06. The minimum Gasteiger partial charge on any atom is -0.587 e. The molecular weight excluding hydrogens is 569 g/mol. The van der Waals surface area contributed by atoms with Gasteiger partial charge in [0, 0.05) is 17.6 Å². The summed E-state index contributed by atoms with van der Waals surface area (Å²) < 4.78 is 76.1. The summed E-state index contributed by atoms with van der Waals surface area (Å²) in [5.41, 5.74) is 0.964. The quantitative estimate of drug-likeness (QED) is 0.156. The van der Waals surface area contributed by atoms with Crippen LogP contribution in [0.1, 0.15) is 50.8 Å². The highest BCUT2D eigenvalue weighted by molar-refractivity contribution is 7.92. The molecule has 6 rings (SSSR count). The summed E-state index contributed by atoms with van der Waals surface area (Å²) in [7, 11) is -8.53. The number of nitrogens with zero attached hydrogens (tertiary/aromatic N) is 2. The van der Waals surface area contributed by atoms with E-state index in [4.69, 9.17) is 4.18 Å². The van der Waals surface area contributed by atoms with E-state index in [1.54, 1.807) is 36.4 Å². The molecule has 0 N–H and O–H groups in total. The SMILES string of the molecule is CC.Cc1ccc(S(=O)(=O)OC(=CC2CCCC2)c2c3c4cccnc4n2[S+]([O-])c2cccc(c2)S3(=O)=O)cc1. The van der Waals surface area contributed by atoms with E-state index in [0.29, 0.717) is 0 Å². The maximum absolute atomic E-state index is 14.1. The molecule has 0 saturated heterocycles. The van der Waals surface area contributed by atoms with Crippen LogP contribution in [0.4, 0.5) is 0 Å². The molecule has 1 aliphatic heterocycles. The number of rotatable bonds is 5. The third kappa shape index (κ3) is 4.96. The van der Waals surface area contributed by atoms with Crippen molar-refractivity contribution in [2.45, 2.75) is 66.0 Å². The van der Waals surface area contributed by atoms with Crippen LogP contribution in [0.15, 0.2) is 92.5 Å². The minimum atomic E-state index is -4.35. The second-order valence-electron chi connectivity index (χ2n) is 9.50. The third-order valence-electron chi connectivity index (χ3n) is 6.92. The van der Waals surface area contributed by atoms with Crippen molar-refractivity contribution in [3.05, 3.63) is 84.2 Å². The molecule has 2 aliphatic rings. The zero-order valence-electron chi connectivity index (χ0n) is 22.4. The first-order valence-electron chi connectivity index (χ1n) is 13.2. The molecule has 8 nitrogen and oxygen atoms in total. The average Bonchev–Trinajstić information content (AvgIpc) is 3.59. The molecule has 1 aliphatic carbocycles. The maximum atomic E-state index is 14.1. The van der Waals surface area contributed by atoms with Crippen molar-refractivity contribution in [3.8, 4) is 0 Å². The Morgan fingerprint density at radius 3 is 2.48 bits per heavy atom. The van der Waals surface area contributed by atoms with Gasteiger partial charge in [0.2, 0.25) is 9.84 Å². The number of allylic oxidation sites excluding steroid dienone is 1. The Morgan fingerprint density at radius 2 is 1.77 bits per heavy atom. The lowest BCUT2D eigenvalue weighted by atomic mass is 10.1. The zero-order chi connectivity index (χ0) is 28.7. The number of fused-ring (bicyclic) bond motifs is 7. The van der Waals surface area contributed by atoms with E-state index in [2.05, 4.69) is 4.98 Å². The largest absolute Gasteiger partial charge is 0.587 e. The molecule has 0 amide bonds. The summed E-state index contributed by atoms with van der Waals surface area (Å²) in [5, 5.41) is 0.243. The van der Waals surface area contributed by atoms with Crippen LogP contribution in [0.5, 0.6) is 0 Å². The summed E-state index contributed by atoms with van der Waals surface area (Å²) in [5.74, 6) is -0.185. The molecule has 0 radical (unpaired) electrons. The number of pyridine rings is 1. The molecule has 1 unspecified atom stereocenters.